The lowest BCUT2D eigenvalue weighted by molar-refractivity contribution is 0.0963. The van der Waals surface area contributed by atoms with Crippen molar-refractivity contribution in [2.24, 2.45) is 10.2 Å². The molecule has 0 aromatic carbocycles. The number of amides is 1. The van der Waals surface area contributed by atoms with Gasteiger partial charge in [0.1, 0.15) is 5.69 Å². The monoisotopic (exact) mass is 205 g/mol. The van der Waals surface area contributed by atoms with Crippen molar-refractivity contribution >= 4 is 25.0 Å². The van der Waals surface area contributed by atoms with E-state index in [1.807, 2.05) is 0 Å². The van der Waals surface area contributed by atoms with Crippen LogP contribution in [0.2, 0.25) is 0 Å². The molecule has 6 nitrogen and oxygen atoms in total. The first kappa shape index (κ1) is 10.8. The molecule has 1 aromatic heterocycles. The van der Waals surface area contributed by atoms with Gasteiger partial charge in [-0.05, 0) is 6.07 Å². The highest BCUT2D eigenvalue weighted by molar-refractivity contribution is 5.99. The minimum Gasteiger partial charge on any atom is -0.355 e. The van der Waals surface area contributed by atoms with Crippen LogP contribution in [0.3, 0.4) is 0 Å². The van der Waals surface area contributed by atoms with E-state index < -0.39 is 0 Å². The minimum atomic E-state index is -0.268. The van der Waals surface area contributed by atoms with Crippen molar-refractivity contribution in [1.29, 1.82) is 0 Å². The average molecular weight is 205 g/mol. The molecule has 0 aliphatic rings. The molecule has 0 aliphatic carbocycles. The van der Waals surface area contributed by atoms with Gasteiger partial charge in [-0.3, -0.25) is 9.78 Å². The van der Waals surface area contributed by atoms with Gasteiger partial charge >= 0.3 is 0 Å². The Kier molecular flexibility index (Phi) is 3.50. The number of pyridine rings is 1. The van der Waals surface area contributed by atoms with Crippen LogP contribution in [0.4, 0.5) is 5.69 Å². The molecule has 1 amide bonds. The topological polar surface area (TPSA) is 70.0 Å². The molecule has 0 radical (unpaired) electrons. The molecular weight excluding hydrogens is 194 g/mol. The summed E-state index contributed by atoms with van der Waals surface area (Å²) >= 11 is 0. The standard InChI is InChI=1S/C9H11N5O/c1-10-9(15)7-6-13-5-4-8(7)14(11-2)12-3/h4-6H,2-3H2,1H3,(H,10,15). The van der Waals surface area contributed by atoms with E-state index >= 15 is 0 Å². The number of hydrogen-bond donors (Lipinski definition) is 1. The molecule has 1 aromatic rings. The highest BCUT2D eigenvalue weighted by atomic mass is 16.1. The molecule has 0 fully saturated rings. The van der Waals surface area contributed by atoms with E-state index in [9.17, 15) is 4.79 Å². The van der Waals surface area contributed by atoms with E-state index in [2.05, 4.69) is 33.9 Å². The molecule has 78 valence electrons. The fourth-order valence-corrected chi connectivity index (χ4v) is 1.07. The third kappa shape index (κ3) is 2.16. The van der Waals surface area contributed by atoms with Crippen molar-refractivity contribution in [3.8, 4) is 0 Å². The van der Waals surface area contributed by atoms with Gasteiger partial charge in [0.05, 0.1) is 5.56 Å². The zero-order valence-corrected chi connectivity index (χ0v) is 8.34. The Bertz CT molecular complexity index is 382. The predicted octanol–water partition coefficient (Wildman–Crippen LogP) is 0.479. The summed E-state index contributed by atoms with van der Waals surface area (Å²) in [5.41, 5.74) is 0.842. The van der Waals surface area contributed by atoms with Gasteiger partial charge < -0.3 is 5.32 Å². The van der Waals surface area contributed by atoms with Gasteiger partial charge in [0.25, 0.3) is 5.91 Å². The molecule has 6 heteroatoms. The molecule has 0 bridgehead atoms. The summed E-state index contributed by atoms with van der Waals surface area (Å²) in [6, 6.07) is 1.61. The van der Waals surface area contributed by atoms with E-state index in [1.165, 1.54) is 19.4 Å². The first-order valence-electron chi connectivity index (χ1n) is 4.14. The van der Waals surface area contributed by atoms with Crippen molar-refractivity contribution in [2.75, 3.05) is 12.2 Å². The number of nitrogens with zero attached hydrogens (tertiary/aromatic N) is 4. The summed E-state index contributed by atoms with van der Waals surface area (Å²) < 4.78 is 0. The van der Waals surface area contributed by atoms with Gasteiger partial charge in [0.2, 0.25) is 0 Å². The molecular formula is C9H11N5O. The van der Waals surface area contributed by atoms with Gasteiger partial charge in [0, 0.05) is 32.9 Å². The maximum absolute atomic E-state index is 11.5. The SMILES string of the molecule is C=NN(N=C)c1ccncc1C(=O)NC. The highest BCUT2D eigenvalue weighted by Crippen LogP contribution is 2.19. The Morgan fingerprint density at radius 1 is 1.53 bits per heavy atom. The van der Waals surface area contributed by atoms with Crippen molar-refractivity contribution in [1.82, 2.24) is 10.3 Å². The third-order valence-corrected chi connectivity index (χ3v) is 1.75. The van der Waals surface area contributed by atoms with Crippen LogP contribution in [0.1, 0.15) is 10.4 Å². The number of aromatic nitrogens is 1. The van der Waals surface area contributed by atoms with Crippen LogP contribution >= 0.6 is 0 Å². The van der Waals surface area contributed by atoms with Gasteiger partial charge in [-0.15, -0.1) is 0 Å². The summed E-state index contributed by atoms with van der Waals surface area (Å²) in [6.45, 7) is 6.65. The molecule has 0 unspecified atom stereocenters. The number of carbonyl (C=O) groups excluding carboxylic acids is 1. The van der Waals surface area contributed by atoms with Gasteiger partial charge in [-0.25, -0.2) is 0 Å². The van der Waals surface area contributed by atoms with E-state index in [0.717, 1.165) is 5.12 Å². The summed E-state index contributed by atoms with van der Waals surface area (Å²) in [4.78, 5) is 15.3. The van der Waals surface area contributed by atoms with Crippen LogP contribution in [-0.2, 0) is 0 Å². The Labute approximate surface area is 87.3 Å². The maximum Gasteiger partial charge on any atom is 0.254 e. The lowest BCUT2D eigenvalue weighted by Crippen LogP contribution is -2.21. The van der Waals surface area contributed by atoms with Crippen molar-refractivity contribution in [2.45, 2.75) is 0 Å². The summed E-state index contributed by atoms with van der Waals surface area (Å²) in [5.74, 6) is -0.268. The van der Waals surface area contributed by atoms with E-state index in [1.54, 1.807) is 6.07 Å². The number of carbonyl (C=O) groups is 1. The van der Waals surface area contributed by atoms with Crippen LogP contribution < -0.4 is 10.4 Å². The van der Waals surface area contributed by atoms with Gasteiger partial charge in [-0.2, -0.15) is 15.3 Å². The Morgan fingerprint density at radius 2 is 2.20 bits per heavy atom. The first-order valence-corrected chi connectivity index (χ1v) is 4.14. The van der Waals surface area contributed by atoms with E-state index in [-0.39, 0.29) is 5.91 Å². The van der Waals surface area contributed by atoms with E-state index in [4.69, 9.17) is 0 Å². The molecule has 1 N–H and O–H groups in total. The number of nitrogens with one attached hydrogen (secondary N) is 1. The lowest BCUT2D eigenvalue weighted by atomic mass is 10.2. The number of hydrazone groups is 2. The average Bonchev–Trinajstić information content (AvgIpc) is 2.30. The van der Waals surface area contributed by atoms with Crippen molar-refractivity contribution in [3.05, 3.63) is 24.0 Å². The molecule has 0 atom stereocenters. The second-order valence-electron chi connectivity index (χ2n) is 2.54. The second kappa shape index (κ2) is 4.85. The van der Waals surface area contributed by atoms with Crippen LogP contribution in [0.5, 0.6) is 0 Å². The van der Waals surface area contributed by atoms with Gasteiger partial charge in [0.15, 0.2) is 0 Å². The number of hydrogen-bond acceptors (Lipinski definition) is 5. The molecule has 0 aliphatic heterocycles. The Hall–Kier alpha value is -2.24. The fourth-order valence-electron chi connectivity index (χ4n) is 1.07. The smallest absolute Gasteiger partial charge is 0.254 e. The molecule has 1 heterocycles. The molecule has 15 heavy (non-hydrogen) atoms. The van der Waals surface area contributed by atoms with Crippen LogP contribution in [0.25, 0.3) is 0 Å². The maximum atomic E-state index is 11.5. The quantitative estimate of drug-likeness (QED) is 0.574. The lowest BCUT2D eigenvalue weighted by Gasteiger charge is -2.14. The third-order valence-electron chi connectivity index (χ3n) is 1.75. The largest absolute Gasteiger partial charge is 0.355 e. The predicted molar refractivity (Wildman–Crippen MR) is 59.2 cm³/mol. The van der Waals surface area contributed by atoms with Crippen LogP contribution in [0.15, 0.2) is 28.7 Å². The number of rotatable bonds is 4. The van der Waals surface area contributed by atoms with Crippen LogP contribution in [0, 0.1) is 0 Å². The van der Waals surface area contributed by atoms with Gasteiger partial charge in [-0.1, -0.05) is 0 Å². The Balaban J connectivity index is 3.21. The normalized spacial score (nSPS) is 9.13. The van der Waals surface area contributed by atoms with Crippen LogP contribution in [-0.4, -0.2) is 31.4 Å². The fraction of sp³-hybridized carbons (Fsp3) is 0.111. The summed E-state index contributed by atoms with van der Waals surface area (Å²) in [7, 11) is 1.53. The number of anilines is 1. The molecule has 1 rings (SSSR count). The summed E-state index contributed by atoms with van der Waals surface area (Å²) in [6.07, 6.45) is 2.96. The highest BCUT2D eigenvalue weighted by Gasteiger charge is 2.13. The molecule has 0 spiro atoms. The molecule has 0 saturated carbocycles. The first-order chi connectivity index (χ1) is 7.24. The molecule has 0 saturated heterocycles. The van der Waals surface area contributed by atoms with Crippen molar-refractivity contribution < 1.29 is 4.79 Å². The van der Waals surface area contributed by atoms with Crippen molar-refractivity contribution in [3.63, 3.8) is 0 Å². The zero-order chi connectivity index (χ0) is 11.3. The van der Waals surface area contributed by atoms with E-state index in [0.29, 0.717) is 11.3 Å². The summed E-state index contributed by atoms with van der Waals surface area (Å²) in [5, 5.41) is 10.9. The second-order valence-corrected chi connectivity index (χ2v) is 2.54. The Morgan fingerprint density at radius 3 is 2.73 bits per heavy atom. The minimum absolute atomic E-state index is 0.268. The zero-order valence-electron chi connectivity index (χ0n) is 8.34.